The van der Waals surface area contributed by atoms with E-state index in [1.165, 1.54) is 0 Å². The Morgan fingerprint density at radius 1 is 1.10 bits per heavy atom. The maximum absolute atomic E-state index is 5.96. The third-order valence-corrected chi connectivity index (χ3v) is 3.35. The molecule has 0 saturated carbocycles. The first-order valence-electron chi connectivity index (χ1n) is 6.95. The number of hydrogen-bond acceptors (Lipinski definition) is 4. The average molecular weight is 286 g/mol. The molecule has 4 nitrogen and oxygen atoms in total. The third-order valence-electron chi connectivity index (χ3n) is 3.35. The number of hydrogen-bond donors (Lipinski definition) is 1. The van der Waals surface area contributed by atoms with Gasteiger partial charge in [-0.1, -0.05) is 18.2 Å². The van der Waals surface area contributed by atoms with Crippen molar-refractivity contribution in [1.29, 1.82) is 0 Å². The van der Waals surface area contributed by atoms with Gasteiger partial charge in [0.15, 0.2) is 11.5 Å². The van der Waals surface area contributed by atoms with Crippen LogP contribution in [0.2, 0.25) is 0 Å². The number of rotatable bonds is 6. The molecule has 112 valence electrons. The maximum Gasteiger partial charge on any atom is 0.161 e. The summed E-state index contributed by atoms with van der Waals surface area (Å²) in [4.78, 5) is 2.08. The van der Waals surface area contributed by atoms with Gasteiger partial charge in [-0.25, -0.2) is 0 Å². The minimum absolute atomic E-state index is 0.560. The van der Waals surface area contributed by atoms with Gasteiger partial charge in [-0.15, -0.1) is 0 Å². The van der Waals surface area contributed by atoms with Crippen LogP contribution in [0, 0.1) is 6.92 Å². The van der Waals surface area contributed by atoms with E-state index in [2.05, 4.69) is 4.90 Å². The summed E-state index contributed by atoms with van der Waals surface area (Å²) in [7, 11) is 3.65. The van der Waals surface area contributed by atoms with Crippen molar-refractivity contribution in [2.24, 2.45) is 0 Å². The van der Waals surface area contributed by atoms with Crippen molar-refractivity contribution in [3.8, 4) is 11.5 Å². The molecule has 2 N–H and O–H groups in total. The van der Waals surface area contributed by atoms with Crippen molar-refractivity contribution in [2.75, 3.05) is 37.9 Å². The van der Waals surface area contributed by atoms with Crippen molar-refractivity contribution < 1.29 is 9.47 Å². The summed E-state index contributed by atoms with van der Waals surface area (Å²) in [5.41, 5.74) is 8.89. The van der Waals surface area contributed by atoms with Crippen LogP contribution in [0.1, 0.15) is 5.56 Å². The number of nitrogen functional groups attached to an aromatic ring is 1. The molecule has 0 radical (unpaired) electrons. The second-order valence-electron chi connectivity index (χ2n) is 4.98. The molecular formula is C17H22N2O2. The molecule has 2 rings (SSSR count). The van der Waals surface area contributed by atoms with Crippen molar-refractivity contribution in [1.82, 2.24) is 0 Å². The molecule has 0 spiro atoms. The van der Waals surface area contributed by atoms with Gasteiger partial charge in [-0.3, -0.25) is 0 Å². The quantitative estimate of drug-likeness (QED) is 0.829. The average Bonchev–Trinajstić information content (AvgIpc) is 2.49. The van der Waals surface area contributed by atoms with Crippen LogP contribution < -0.4 is 20.1 Å². The first-order valence-corrected chi connectivity index (χ1v) is 6.95. The number of ether oxygens (including phenoxy) is 2. The predicted molar refractivity (Wildman–Crippen MR) is 87.4 cm³/mol. The Labute approximate surface area is 126 Å². The molecule has 0 saturated heterocycles. The fourth-order valence-electron chi connectivity index (χ4n) is 2.14. The molecule has 4 heteroatoms. The van der Waals surface area contributed by atoms with Crippen LogP contribution in [0.15, 0.2) is 42.5 Å². The van der Waals surface area contributed by atoms with Gasteiger partial charge in [0.2, 0.25) is 0 Å². The Morgan fingerprint density at radius 3 is 2.57 bits per heavy atom. The van der Waals surface area contributed by atoms with Crippen LogP contribution in [-0.2, 0) is 0 Å². The van der Waals surface area contributed by atoms with E-state index < -0.39 is 0 Å². The molecule has 0 bridgehead atoms. The summed E-state index contributed by atoms with van der Waals surface area (Å²) in [6.45, 7) is 3.33. The Kier molecular flexibility index (Phi) is 4.93. The largest absolute Gasteiger partial charge is 0.493 e. The van der Waals surface area contributed by atoms with E-state index in [0.29, 0.717) is 6.61 Å². The highest BCUT2D eigenvalue weighted by Gasteiger charge is 2.07. The Morgan fingerprint density at radius 2 is 1.86 bits per heavy atom. The lowest BCUT2D eigenvalue weighted by molar-refractivity contribution is 0.301. The second-order valence-corrected chi connectivity index (χ2v) is 4.98. The monoisotopic (exact) mass is 286 g/mol. The highest BCUT2D eigenvalue weighted by molar-refractivity contribution is 5.66. The van der Waals surface area contributed by atoms with Crippen molar-refractivity contribution in [3.05, 3.63) is 48.0 Å². The van der Waals surface area contributed by atoms with Gasteiger partial charge in [0, 0.05) is 7.05 Å². The summed E-state index contributed by atoms with van der Waals surface area (Å²) in [6.07, 6.45) is 0. The van der Waals surface area contributed by atoms with E-state index in [1.807, 2.05) is 56.4 Å². The van der Waals surface area contributed by atoms with Gasteiger partial charge in [0.05, 0.1) is 25.0 Å². The molecule has 2 aromatic rings. The molecule has 0 aliphatic rings. The topological polar surface area (TPSA) is 47.7 Å². The Balaban J connectivity index is 1.94. The standard InChI is InChI=1S/C17H22N2O2/c1-13-8-9-16(17(12-13)20-3)21-11-10-19(2)15-7-5-4-6-14(15)18/h4-9,12H,10-11,18H2,1-3H3. The van der Waals surface area contributed by atoms with Gasteiger partial charge in [0.25, 0.3) is 0 Å². The van der Waals surface area contributed by atoms with E-state index in [1.54, 1.807) is 7.11 Å². The van der Waals surface area contributed by atoms with E-state index in [4.69, 9.17) is 15.2 Å². The molecule has 0 atom stereocenters. The lowest BCUT2D eigenvalue weighted by Crippen LogP contribution is -2.24. The van der Waals surface area contributed by atoms with Crippen LogP contribution in [0.25, 0.3) is 0 Å². The smallest absolute Gasteiger partial charge is 0.161 e. The molecule has 0 aliphatic heterocycles. The first-order chi connectivity index (χ1) is 10.1. The number of likely N-dealkylation sites (N-methyl/N-ethyl adjacent to an activating group) is 1. The van der Waals surface area contributed by atoms with Gasteiger partial charge < -0.3 is 20.1 Å². The van der Waals surface area contributed by atoms with E-state index in [9.17, 15) is 0 Å². The van der Waals surface area contributed by atoms with Crippen LogP contribution in [-0.4, -0.2) is 27.3 Å². The van der Waals surface area contributed by atoms with Gasteiger partial charge in [-0.05, 0) is 36.8 Å². The lowest BCUT2D eigenvalue weighted by atomic mass is 10.2. The van der Waals surface area contributed by atoms with Gasteiger partial charge in [0.1, 0.15) is 6.61 Å². The lowest BCUT2D eigenvalue weighted by Gasteiger charge is -2.21. The molecule has 0 aliphatic carbocycles. The summed E-state index contributed by atoms with van der Waals surface area (Å²) in [5.74, 6) is 1.52. The third kappa shape index (κ3) is 3.81. The first kappa shape index (κ1) is 15.0. The summed E-state index contributed by atoms with van der Waals surface area (Å²) < 4.78 is 11.1. The van der Waals surface area contributed by atoms with Crippen molar-refractivity contribution >= 4 is 11.4 Å². The number of para-hydroxylation sites is 2. The zero-order valence-electron chi connectivity index (χ0n) is 12.8. The molecule has 0 fully saturated rings. The number of nitrogens with two attached hydrogens (primary N) is 1. The number of benzene rings is 2. The molecule has 0 amide bonds. The SMILES string of the molecule is COc1cc(C)ccc1OCCN(C)c1ccccc1N. The molecule has 0 aromatic heterocycles. The van der Waals surface area contributed by atoms with Crippen LogP contribution in [0.3, 0.4) is 0 Å². The summed E-state index contributed by atoms with van der Waals surface area (Å²) in [6, 6.07) is 13.7. The summed E-state index contributed by atoms with van der Waals surface area (Å²) >= 11 is 0. The Bertz CT molecular complexity index is 599. The molecular weight excluding hydrogens is 264 g/mol. The van der Waals surface area contributed by atoms with E-state index in [-0.39, 0.29) is 0 Å². The number of methoxy groups -OCH3 is 1. The number of aryl methyl sites for hydroxylation is 1. The van der Waals surface area contributed by atoms with Crippen molar-refractivity contribution in [2.45, 2.75) is 6.92 Å². The Hall–Kier alpha value is -2.36. The molecule has 21 heavy (non-hydrogen) atoms. The molecule has 2 aromatic carbocycles. The predicted octanol–water partition coefficient (Wildman–Crippen LogP) is 3.10. The fraction of sp³-hybridized carbons (Fsp3) is 0.294. The zero-order chi connectivity index (χ0) is 15.2. The van der Waals surface area contributed by atoms with Crippen LogP contribution in [0.4, 0.5) is 11.4 Å². The molecule has 0 unspecified atom stereocenters. The minimum Gasteiger partial charge on any atom is -0.493 e. The van der Waals surface area contributed by atoms with E-state index >= 15 is 0 Å². The van der Waals surface area contributed by atoms with Crippen LogP contribution in [0.5, 0.6) is 11.5 Å². The highest BCUT2D eigenvalue weighted by Crippen LogP contribution is 2.28. The molecule has 0 heterocycles. The van der Waals surface area contributed by atoms with Gasteiger partial charge >= 0.3 is 0 Å². The minimum atomic E-state index is 0.560. The van der Waals surface area contributed by atoms with Crippen molar-refractivity contribution in [3.63, 3.8) is 0 Å². The normalized spacial score (nSPS) is 10.2. The zero-order valence-corrected chi connectivity index (χ0v) is 12.8. The number of anilines is 2. The van der Waals surface area contributed by atoms with Gasteiger partial charge in [-0.2, -0.15) is 0 Å². The summed E-state index contributed by atoms with van der Waals surface area (Å²) in [5, 5.41) is 0. The van der Waals surface area contributed by atoms with E-state index in [0.717, 1.165) is 35.0 Å². The number of nitrogens with zero attached hydrogens (tertiary/aromatic N) is 1. The maximum atomic E-state index is 5.96. The van der Waals surface area contributed by atoms with Crippen LogP contribution >= 0.6 is 0 Å². The fourth-order valence-corrected chi connectivity index (χ4v) is 2.14. The highest BCUT2D eigenvalue weighted by atomic mass is 16.5. The second kappa shape index (κ2) is 6.88.